The second-order valence-corrected chi connectivity index (χ2v) is 8.10. The lowest BCUT2D eigenvalue weighted by Gasteiger charge is -2.36. The van der Waals surface area contributed by atoms with Crippen LogP contribution in [0.2, 0.25) is 0 Å². The number of aliphatic hydroxyl groups excluding tert-OH is 2. The van der Waals surface area contributed by atoms with Gasteiger partial charge in [0.2, 0.25) is 0 Å². The standard InChI is InChI=1S/C23H26N4O4/c1-15-17(3-4-18-19(15)14-31-23(18)30)21(28)12-26-6-8-27(9-7-26)13-22(29)20-5-2-16(10-24)11-25-20/h2-5,11,21-22,28-29H,6-9,12-14H2,1H3/t21?,22-/m0/s1. The number of carbonyl (C=O) groups excluding carboxylic acids is 1. The summed E-state index contributed by atoms with van der Waals surface area (Å²) in [5, 5.41) is 30.1. The van der Waals surface area contributed by atoms with Gasteiger partial charge in [-0.3, -0.25) is 14.8 Å². The van der Waals surface area contributed by atoms with Crippen LogP contribution in [0.3, 0.4) is 0 Å². The molecule has 0 radical (unpaired) electrons. The number of piperazine rings is 1. The second-order valence-electron chi connectivity index (χ2n) is 8.10. The van der Waals surface area contributed by atoms with Crippen LogP contribution in [0.15, 0.2) is 30.5 Å². The van der Waals surface area contributed by atoms with Gasteiger partial charge in [0.1, 0.15) is 18.8 Å². The molecule has 1 aromatic heterocycles. The molecule has 0 spiro atoms. The lowest BCUT2D eigenvalue weighted by molar-refractivity contribution is 0.0470. The Hall–Kier alpha value is -2.83. The highest BCUT2D eigenvalue weighted by molar-refractivity contribution is 5.93. The zero-order chi connectivity index (χ0) is 22.0. The van der Waals surface area contributed by atoms with Crippen LogP contribution < -0.4 is 0 Å². The van der Waals surface area contributed by atoms with E-state index in [1.807, 2.05) is 19.1 Å². The van der Waals surface area contributed by atoms with Crippen molar-refractivity contribution in [2.45, 2.75) is 25.7 Å². The van der Waals surface area contributed by atoms with E-state index in [1.54, 1.807) is 18.2 Å². The molecule has 2 N–H and O–H groups in total. The van der Waals surface area contributed by atoms with Crippen LogP contribution in [-0.2, 0) is 11.3 Å². The molecule has 2 atom stereocenters. The fraction of sp³-hybridized carbons (Fsp3) is 0.435. The molecule has 4 rings (SSSR count). The van der Waals surface area contributed by atoms with Gasteiger partial charge in [-0.2, -0.15) is 5.26 Å². The first-order valence-electron chi connectivity index (χ1n) is 10.4. The summed E-state index contributed by atoms with van der Waals surface area (Å²) < 4.78 is 5.10. The van der Waals surface area contributed by atoms with Crippen LogP contribution >= 0.6 is 0 Å². The van der Waals surface area contributed by atoms with Crippen molar-refractivity contribution in [1.82, 2.24) is 14.8 Å². The van der Waals surface area contributed by atoms with E-state index in [4.69, 9.17) is 10.00 Å². The van der Waals surface area contributed by atoms with Crippen LogP contribution in [0.4, 0.5) is 0 Å². The molecule has 2 aromatic rings. The van der Waals surface area contributed by atoms with Crippen LogP contribution in [0.1, 0.15) is 50.5 Å². The molecule has 0 bridgehead atoms. The van der Waals surface area contributed by atoms with Crippen molar-refractivity contribution in [2.75, 3.05) is 39.3 Å². The summed E-state index contributed by atoms with van der Waals surface area (Å²) in [5.41, 5.74) is 4.26. The SMILES string of the molecule is Cc1c(C(O)CN2CCN(C[C@H](O)c3ccc(C#N)cn3)CC2)ccc2c1COC2=O. The minimum Gasteiger partial charge on any atom is -0.457 e. The molecular formula is C23H26N4O4. The largest absolute Gasteiger partial charge is 0.457 e. The van der Waals surface area contributed by atoms with Crippen molar-refractivity contribution < 1.29 is 19.7 Å². The summed E-state index contributed by atoms with van der Waals surface area (Å²) in [6.45, 7) is 6.34. The maximum Gasteiger partial charge on any atom is 0.338 e. The van der Waals surface area contributed by atoms with Crippen LogP contribution in [0.25, 0.3) is 0 Å². The van der Waals surface area contributed by atoms with E-state index in [2.05, 4.69) is 14.8 Å². The van der Waals surface area contributed by atoms with Gasteiger partial charge >= 0.3 is 5.97 Å². The number of fused-ring (bicyclic) bond motifs is 1. The zero-order valence-electron chi connectivity index (χ0n) is 17.5. The Bertz CT molecular complexity index is 994. The zero-order valence-corrected chi connectivity index (χ0v) is 17.5. The molecule has 2 aliphatic rings. The van der Waals surface area contributed by atoms with E-state index in [0.29, 0.717) is 29.9 Å². The van der Waals surface area contributed by atoms with Gasteiger partial charge in [-0.15, -0.1) is 0 Å². The molecule has 31 heavy (non-hydrogen) atoms. The topological polar surface area (TPSA) is 110 Å². The minimum absolute atomic E-state index is 0.273. The molecule has 1 saturated heterocycles. The van der Waals surface area contributed by atoms with E-state index < -0.39 is 12.2 Å². The molecule has 2 aliphatic heterocycles. The highest BCUT2D eigenvalue weighted by atomic mass is 16.5. The number of rotatable bonds is 6. The molecule has 162 valence electrons. The quantitative estimate of drug-likeness (QED) is 0.671. The Morgan fingerprint density at radius 3 is 2.39 bits per heavy atom. The van der Waals surface area contributed by atoms with Crippen molar-refractivity contribution in [3.8, 4) is 6.07 Å². The van der Waals surface area contributed by atoms with Crippen LogP contribution in [-0.4, -0.2) is 70.2 Å². The number of esters is 1. The molecule has 1 aromatic carbocycles. The molecular weight excluding hydrogens is 396 g/mol. The van der Waals surface area contributed by atoms with E-state index in [9.17, 15) is 15.0 Å². The van der Waals surface area contributed by atoms with E-state index in [0.717, 1.165) is 42.9 Å². The summed E-state index contributed by atoms with van der Waals surface area (Å²) >= 11 is 0. The van der Waals surface area contributed by atoms with Gasteiger partial charge in [0.25, 0.3) is 0 Å². The number of β-amino-alcohol motifs (C(OH)–C–C–N with tert-alkyl or cyclic N) is 2. The number of aliphatic hydroxyl groups is 2. The molecule has 8 nitrogen and oxygen atoms in total. The smallest absolute Gasteiger partial charge is 0.338 e. The first-order valence-corrected chi connectivity index (χ1v) is 10.4. The minimum atomic E-state index is -0.705. The fourth-order valence-electron chi connectivity index (χ4n) is 4.23. The fourth-order valence-corrected chi connectivity index (χ4v) is 4.23. The predicted molar refractivity (Wildman–Crippen MR) is 112 cm³/mol. The van der Waals surface area contributed by atoms with Gasteiger partial charge < -0.3 is 14.9 Å². The van der Waals surface area contributed by atoms with Gasteiger partial charge in [-0.1, -0.05) is 6.07 Å². The summed E-state index contributed by atoms with van der Waals surface area (Å²) in [4.78, 5) is 20.3. The van der Waals surface area contributed by atoms with Gasteiger partial charge in [0.05, 0.1) is 22.9 Å². The Kier molecular flexibility index (Phi) is 6.30. The third kappa shape index (κ3) is 4.60. The lowest BCUT2D eigenvalue weighted by Crippen LogP contribution is -2.48. The molecule has 8 heteroatoms. The lowest BCUT2D eigenvalue weighted by atomic mass is 9.95. The van der Waals surface area contributed by atoms with Crippen molar-refractivity contribution in [2.24, 2.45) is 0 Å². The van der Waals surface area contributed by atoms with Gasteiger partial charge in [0.15, 0.2) is 0 Å². The number of pyridine rings is 1. The Balaban J connectivity index is 1.29. The molecule has 0 amide bonds. The Morgan fingerprint density at radius 2 is 1.77 bits per heavy atom. The van der Waals surface area contributed by atoms with E-state index >= 15 is 0 Å². The predicted octanol–water partition coefficient (Wildman–Crippen LogP) is 1.32. The third-order valence-electron chi connectivity index (χ3n) is 6.15. The van der Waals surface area contributed by atoms with Gasteiger partial charge in [0, 0.05) is 51.0 Å². The van der Waals surface area contributed by atoms with E-state index in [-0.39, 0.29) is 12.6 Å². The normalized spacial score (nSPS) is 18.8. The number of cyclic esters (lactones) is 1. The van der Waals surface area contributed by atoms with Crippen LogP contribution in [0.5, 0.6) is 0 Å². The first kappa shape index (κ1) is 21.4. The van der Waals surface area contributed by atoms with Gasteiger partial charge in [-0.05, 0) is 36.2 Å². The number of carbonyl (C=O) groups is 1. The van der Waals surface area contributed by atoms with Crippen molar-refractivity contribution in [3.05, 3.63) is 64.0 Å². The highest BCUT2D eigenvalue weighted by Gasteiger charge is 2.27. The number of benzene rings is 1. The number of aromatic nitrogens is 1. The average Bonchev–Trinajstić information content (AvgIpc) is 3.17. The molecule has 0 aliphatic carbocycles. The summed E-state index contributed by atoms with van der Waals surface area (Å²) in [5.74, 6) is -0.298. The number of hydrogen-bond acceptors (Lipinski definition) is 8. The summed E-state index contributed by atoms with van der Waals surface area (Å²) in [6, 6.07) is 8.94. The average molecular weight is 422 g/mol. The first-order chi connectivity index (χ1) is 15.0. The second kappa shape index (κ2) is 9.12. The van der Waals surface area contributed by atoms with Crippen LogP contribution in [0, 0.1) is 18.3 Å². The van der Waals surface area contributed by atoms with Crippen molar-refractivity contribution in [1.29, 1.82) is 5.26 Å². The Morgan fingerprint density at radius 1 is 1.10 bits per heavy atom. The molecule has 1 unspecified atom stereocenters. The maximum atomic E-state index is 11.7. The number of ether oxygens (including phenoxy) is 1. The van der Waals surface area contributed by atoms with Crippen molar-refractivity contribution in [3.63, 3.8) is 0 Å². The molecule has 1 fully saturated rings. The van der Waals surface area contributed by atoms with E-state index in [1.165, 1.54) is 6.20 Å². The Labute approximate surface area is 181 Å². The monoisotopic (exact) mass is 422 g/mol. The number of nitriles is 1. The summed E-state index contributed by atoms with van der Waals surface area (Å²) in [6.07, 6.45) is 0.130. The molecule has 0 saturated carbocycles. The number of nitrogens with zero attached hydrogens (tertiary/aromatic N) is 4. The maximum absolute atomic E-state index is 11.7. The summed E-state index contributed by atoms with van der Waals surface area (Å²) in [7, 11) is 0. The molecule has 3 heterocycles. The third-order valence-corrected chi connectivity index (χ3v) is 6.15. The van der Waals surface area contributed by atoms with Gasteiger partial charge in [-0.25, -0.2) is 4.79 Å². The van der Waals surface area contributed by atoms with Crippen molar-refractivity contribution >= 4 is 5.97 Å². The highest BCUT2D eigenvalue weighted by Crippen LogP contribution is 2.29. The number of hydrogen-bond donors (Lipinski definition) is 2.